The molecule has 0 saturated carbocycles. The molecule has 0 radical (unpaired) electrons. The van der Waals surface area contributed by atoms with Gasteiger partial charge in [-0.15, -0.1) is 0 Å². The zero-order chi connectivity index (χ0) is 12.4. The molecule has 0 fully saturated rings. The van der Waals surface area contributed by atoms with Crippen LogP contribution in [0.25, 0.3) is 0 Å². The Hall–Kier alpha value is -1.34. The number of aromatic nitrogens is 2. The molecule has 1 aromatic heterocycles. The average Bonchev–Trinajstić information content (AvgIpc) is 2.22. The van der Waals surface area contributed by atoms with Crippen LogP contribution >= 0.6 is 31.9 Å². The molecule has 2 rings (SSSR count). The number of nitrogens with zero attached hydrogens (tertiary/aromatic N) is 2. The molecule has 88 valence electrons. The molecular formula is C10H9Br2N5. The Morgan fingerprint density at radius 2 is 1.71 bits per heavy atom. The largest absolute Gasteiger partial charge is 0.383 e. The number of nitrogens with two attached hydrogens (primary N) is 2. The van der Waals surface area contributed by atoms with E-state index in [4.69, 9.17) is 11.5 Å². The second kappa shape index (κ2) is 4.89. The Kier molecular flexibility index (Phi) is 3.49. The molecular weight excluding hydrogens is 350 g/mol. The van der Waals surface area contributed by atoms with E-state index in [0.717, 1.165) is 14.6 Å². The summed E-state index contributed by atoms with van der Waals surface area (Å²) in [5.41, 5.74) is 12.0. The van der Waals surface area contributed by atoms with E-state index < -0.39 is 0 Å². The summed E-state index contributed by atoms with van der Waals surface area (Å²) in [6, 6.07) is 7.37. The maximum atomic E-state index is 5.59. The van der Waals surface area contributed by atoms with E-state index in [-0.39, 0.29) is 5.95 Å². The fourth-order valence-electron chi connectivity index (χ4n) is 1.29. The number of nitrogens with one attached hydrogen (secondary N) is 1. The van der Waals surface area contributed by atoms with Crippen molar-refractivity contribution in [3.8, 4) is 0 Å². The second-order valence-corrected chi connectivity index (χ2v) is 4.97. The Morgan fingerprint density at radius 3 is 2.29 bits per heavy atom. The number of benzene rings is 1. The van der Waals surface area contributed by atoms with Crippen LogP contribution in [0.2, 0.25) is 0 Å². The molecule has 1 aromatic carbocycles. The number of hydrogen-bond acceptors (Lipinski definition) is 5. The molecule has 0 aliphatic rings. The standard InChI is InChI=1S/C10H9Br2N5/c11-5-2-1-3-6(12)9(5)16-8-4-7(13)15-10(14)17-8/h1-4H,(H5,13,14,15,16,17). The number of halogens is 2. The minimum Gasteiger partial charge on any atom is -0.383 e. The lowest BCUT2D eigenvalue weighted by molar-refractivity contribution is 1.19. The smallest absolute Gasteiger partial charge is 0.223 e. The predicted molar refractivity (Wildman–Crippen MR) is 76.0 cm³/mol. The van der Waals surface area contributed by atoms with Gasteiger partial charge in [0.15, 0.2) is 0 Å². The highest BCUT2D eigenvalue weighted by molar-refractivity contribution is 9.11. The third-order valence-corrected chi connectivity index (χ3v) is 3.30. The molecule has 17 heavy (non-hydrogen) atoms. The molecule has 0 amide bonds. The first-order valence-corrected chi connectivity index (χ1v) is 6.26. The molecule has 1 heterocycles. The minimum atomic E-state index is 0.135. The number of nitrogen functional groups attached to an aromatic ring is 2. The van der Waals surface area contributed by atoms with Gasteiger partial charge in [-0.1, -0.05) is 6.07 Å². The van der Waals surface area contributed by atoms with E-state index in [1.165, 1.54) is 0 Å². The second-order valence-electron chi connectivity index (χ2n) is 3.26. The van der Waals surface area contributed by atoms with Gasteiger partial charge < -0.3 is 16.8 Å². The first-order valence-electron chi connectivity index (χ1n) is 4.67. The summed E-state index contributed by atoms with van der Waals surface area (Å²) in [6.07, 6.45) is 0. The molecule has 0 atom stereocenters. The Balaban J connectivity index is 2.38. The summed E-state index contributed by atoms with van der Waals surface area (Å²) < 4.78 is 1.81. The van der Waals surface area contributed by atoms with E-state index in [0.29, 0.717) is 11.6 Å². The van der Waals surface area contributed by atoms with E-state index in [1.54, 1.807) is 6.07 Å². The van der Waals surface area contributed by atoms with Crippen molar-refractivity contribution in [2.75, 3.05) is 16.8 Å². The van der Waals surface area contributed by atoms with Crippen LogP contribution in [0.1, 0.15) is 0 Å². The highest BCUT2D eigenvalue weighted by atomic mass is 79.9. The van der Waals surface area contributed by atoms with E-state index in [2.05, 4.69) is 47.1 Å². The fraction of sp³-hybridized carbons (Fsp3) is 0. The van der Waals surface area contributed by atoms with Gasteiger partial charge in [0.05, 0.1) is 5.69 Å². The number of anilines is 4. The first kappa shape index (κ1) is 12.1. The Morgan fingerprint density at radius 1 is 1.06 bits per heavy atom. The molecule has 5 nitrogen and oxygen atoms in total. The van der Waals surface area contributed by atoms with E-state index in [1.807, 2.05) is 18.2 Å². The van der Waals surface area contributed by atoms with Gasteiger partial charge in [0.1, 0.15) is 11.6 Å². The summed E-state index contributed by atoms with van der Waals surface area (Å²) in [5.74, 6) is 1.00. The van der Waals surface area contributed by atoms with E-state index >= 15 is 0 Å². The van der Waals surface area contributed by atoms with Crippen LogP contribution in [-0.4, -0.2) is 9.97 Å². The summed E-state index contributed by atoms with van der Waals surface area (Å²) >= 11 is 6.89. The summed E-state index contributed by atoms with van der Waals surface area (Å²) in [7, 11) is 0. The van der Waals surface area contributed by atoms with Gasteiger partial charge in [-0.25, -0.2) is 0 Å². The monoisotopic (exact) mass is 357 g/mol. The zero-order valence-electron chi connectivity index (χ0n) is 8.61. The van der Waals surface area contributed by atoms with Crippen LogP contribution in [-0.2, 0) is 0 Å². The quantitative estimate of drug-likeness (QED) is 0.767. The third kappa shape index (κ3) is 2.86. The Bertz CT molecular complexity index is 518. The van der Waals surface area contributed by atoms with Crippen LogP contribution in [0.5, 0.6) is 0 Å². The fourth-order valence-corrected chi connectivity index (χ4v) is 2.49. The lowest BCUT2D eigenvalue weighted by Gasteiger charge is -2.10. The maximum Gasteiger partial charge on any atom is 0.223 e. The Labute approximate surface area is 115 Å². The van der Waals surface area contributed by atoms with Gasteiger partial charge in [0, 0.05) is 15.0 Å². The predicted octanol–water partition coefficient (Wildman–Crippen LogP) is 2.91. The summed E-state index contributed by atoms with van der Waals surface area (Å²) in [4.78, 5) is 7.85. The van der Waals surface area contributed by atoms with Crippen molar-refractivity contribution in [2.45, 2.75) is 0 Å². The SMILES string of the molecule is Nc1cc(Nc2c(Br)cccc2Br)nc(N)n1. The van der Waals surface area contributed by atoms with Crippen molar-refractivity contribution in [1.82, 2.24) is 9.97 Å². The number of para-hydroxylation sites is 1. The minimum absolute atomic E-state index is 0.135. The molecule has 7 heteroatoms. The van der Waals surface area contributed by atoms with Gasteiger partial charge in [-0.05, 0) is 44.0 Å². The molecule has 0 aliphatic carbocycles. The molecule has 0 bridgehead atoms. The highest BCUT2D eigenvalue weighted by Crippen LogP contribution is 2.32. The lowest BCUT2D eigenvalue weighted by Crippen LogP contribution is -2.03. The van der Waals surface area contributed by atoms with Gasteiger partial charge >= 0.3 is 0 Å². The molecule has 0 saturated heterocycles. The van der Waals surface area contributed by atoms with Crippen molar-refractivity contribution >= 4 is 55.1 Å². The van der Waals surface area contributed by atoms with Crippen molar-refractivity contribution in [3.63, 3.8) is 0 Å². The van der Waals surface area contributed by atoms with Gasteiger partial charge in [0.2, 0.25) is 5.95 Å². The molecule has 0 spiro atoms. The molecule has 5 N–H and O–H groups in total. The lowest BCUT2D eigenvalue weighted by atomic mass is 10.3. The van der Waals surface area contributed by atoms with Crippen LogP contribution in [0.3, 0.4) is 0 Å². The average molecular weight is 359 g/mol. The highest BCUT2D eigenvalue weighted by Gasteiger charge is 2.06. The number of rotatable bonds is 2. The number of hydrogen-bond donors (Lipinski definition) is 3. The maximum absolute atomic E-state index is 5.59. The van der Waals surface area contributed by atoms with Crippen molar-refractivity contribution in [1.29, 1.82) is 0 Å². The van der Waals surface area contributed by atoms with Crippen molar-refractivity contribution < 1.29 is 0 Å². The van der Waals surface area contributed by atoms with Crippen molar-refractivity contribution in [2.24, 2.45) is 0 Å². The first-order chi connectivity index (χ1) is 8.06. The van der Waals surface area contributed by atoms with E-state index in [9.17, 15) is 0 Å². The zero-order valence-corrected chi connectivity index (χ0v) is 11.8. The van der Waals surface area contributed by atoms with Gasteiger partial charge in [-0.2, -0.15) is 9.97 Å². The normalized spacial score (nSPS) is 10.2. The molecule has 0 aliphatic heterocycles. The van der Waals surface area contributed by atoms with Gasteiger partial charge in [-0.3, -0.25) is 0 Å². The van der Waals surface area contributed by atoms with Crippen molar-refractivity contribution in [3.05, 3.63) is 33.2 Å². The topological polar surface area (TPSA) is 89.8 Å². The van der Waals surface area contributed by atoms with Crippen LogP contribution in [0, 0.1) is 0 Å². The summed E-state index contributed by atoms with van der Waals surface area (Å²) in [5, 5.41) is 3.12. The third-order valence-electron chi connectivity index (χ3n) is 1.98. The molecule has 0 unspecified atom stereocenters. The molecule has 2 aromatic rings. The van der Waals surface area contributed by atoms with Crippen LogP contribution < -0.4 is 16.8 Å². The van der Waals surface area contributed by atoms with Crippen LogP contribution in [0.4, 0.5) is 23.3 Å². The van der Waals surface area contributed by atoms with Crippen LogP contribution in [0.15, 0.2) is 33.2 Å². The summed E-state index contributed by atoms with van der Waals surface area (Å²) in [6.45, 7) is 0. The van der Waals surface area contributed by atoms with Gasteiger partial charge in [0.25, 0.3) is 0 Å².